The van der Waals surface area contributed by atoms with Crippen LogP contribution in [0.3, 0.4) is 0 Å². The van der Waals surface area contributed by atoms with Crippen molar-refractivity contribution in [3.63, 3.8) is 0 Å². The van der Waals surface area contributed by atoms with Crippen molar-refractivity contribution in [2.75, 3.05) is 26.2 Å². The Morgan fingerprint density at radius 1 is 1.16 bits per heavy atom. The lowest BCUT2D eigenvalue weighted by molar-refractivity contribution is 0.0946. The minimum atomic E-state index is -0.351. The van der Waals surface area contributed by atoms with Crippen LogP contribution in [0, 0.1) is 5.82 Å². The van der Waals surface area contributed by atoms with E-state index in [-0.39, 0.29) is 18.3 Å². The van der Waals surface area contributed by atoms with Gasteiger partial charge < -0.3 is 10.1 Å². The first kappa shape index (κ1) is 21.9. The number of benzene rings is 1. The van der Waals surface area contributed by atoms with Crippen LogP contribution in [-0.2, 0) is 6.54 Å². The van der Waals surface area contributed by atoms with Gasteiger partial charge in [0.1, 0.15) is 18.2 Å². The van der Waals surface area contributed by atoms with Gasteiger partial charge in [0.15, 0.2) is 0 Å². The standard InChI is InChI=1S/C25H27FN4O2/c26-21-6-3-8-23(15-21)32-14-12-28-25(31)19-9-10-24(29-16-19)20-5-4-13-30(17-20)18-22-7-1-2-11-27-22/h1-3,6-11,15-16,20H,4-5,12-14,17-18H2,(H,28,31)/t20-/m1/s1. The fraction of sp³-hybridized carbons (Fsp3) is 0.320. The van der Waals surface area contributed by atoms with Crippen LogP contribution in [0.25, 0.3) is 0 Å². The number of nitrogens with one attached hydrogen (secondary N) is 1. The van der Waals surface area contributed by atoms with Crippen LogP contribution in [0.2, 0.25) is 0 Å². The summed E-state index contributed by atoms with van der Waals surface area (Å²) in [6, 6.07) is 15.7. The molecule has 1 N–H and O–H groups in total. The normalized spacial score (nSPS) is 16.5. The van der Waals surface area contributed by atoms with Crippen LogP contribution >= 0.6 is 0 Å². The lowest BCUT2D eigenvalue weighted by Gasteiger charge is -2.32. The van der Waals surface area contributed by atoms with Gasteiger partial charge in [0.2, 0.25) is 0 Å². The fourth-order valence-corrected chi connectivity index (χ4v) is 3.93. The van der Waals surface area contributed by atoms with Gasteiger partial charge in [-0.2, -0.15) is 0 Å². The fourth-order valence-electron chi connectivity index (χ4n) is 3.93. The highest BCUT2D eigenvalue weighted by Crippen LogP contribution is 2.26. The summed E-state index contributed by atoms with van der Waals surface area (Å²) in [6.45, 7) is 3.42. The van der Waals surface area contributed by atoms with Gasteiger partial charge in [-0.25, -0.2) is 4.39 Å². The average Bonchev–Trinajstić information content (AvgIpc) is 2.83. The quantitative estimate of drug-likeness (QED) is 0.546. The zero-order valence-corrected chi connectivity index (χ0v) is 17.9. The van der Waals surface area contributed by atoms with Crippen molar-refractivity contribution < 1.29 is 13.9 Å². The summed E-state index contributed by atoms with van der Waals surface area (Å²) in [5.41, 5.74) is 2.61. The molecule has 7 heteroatoms. The number of rotatable bonds is 8. The van der Waals surface area contributed by atoms with E-state index in [0.29, 0.717) is 23.8 Å². The lowest BCUT2D eigenvalue weighted by Crippen LogP contribution is -2.34. The van der Waals surface area contributed by atoms with Gasteiger partial charge >= 0.3 is 0 Å². The molecule has 166 valence electrons. The number of amides is 1. The molecule has 6 nitrogen and oxygen atoms in total. The summed E-state index contributed by atoms with van der Waals surface area (Å²) in [6.07, 6.45) is 5.67. The lowest BCUT2D eigenvalue weighted by atomic mass is 9.94. The predicted molar refractivity (Wildman–Crippen MR) is 120 cm³/mol. The monoisotopic (exact) mass is 434 g/mol. The Balaban J connectivity index is 1.25. The molecular weight excluding hydrogens is 407 g/mol. The molecule has 0 saturated carbocycles. The van der Waals surface area contributed by atoms with E-state index >= 15 is 0 Å². The van der Waals surface area contributed by atoms with E-state index in [1.165, 1.54) is 12.1 Å². The number of ether oxygens (including phenoxy) is 1. The van der Waals surface area contributed by atoms with Gasteiger partial charge in [0.25, 0.3) is 5.91 Å². The molecule has 3 aromatic rings. The Bertz CT molecular complexity index is 1010. The number of pyridine rings is 2. The van der Waals surface area contributed by atoms with E-state index in [0.717, 1.165) is 43.9 Å². The Labute approximate surface area is 187 Å². The Morgan fingerprint density at radius 2 is 2.09 bits per heavy atom. The summed E-state index contributed by atoms with van der Waals surface area (Å²) in [5, 5.41) is 2.80. The smallest absolute Gasteiger partial charge is 0.252 e. The van der Waals surface area contributed by atoms with Gasteiger partial charge in [0, 0.05) is 43.2 Å². The second-order valence-corrected chi connectivity index (χ2v) is 7.93. The Kier molecular flexibility index (Phi) is 7.40. The first-order valence-electron chi connectivity index (χ1n) is 10.9. The van der Waals surface area contributed by atoms with Crippen LogP contribution < -0.4 is 10.1 Å². The minimum absolute atomic E-state index is 0.202. The second kappa shape index (κ2) is 10.8. The molecule has 1 aliphatic heterocycles. The van der Waals surface area contributed by atoms with E-state index in [1.54, 1.807) is 18.3 Å². The maximum absolute atomic E-state index is 13.2. The molecule has 0 aliphatic carbocycles. The number of nitrogens with zero attached hydrogens (tertiary/aromatic N) is 3. The highest BCUT2D eigenvalue weighted by molar-refractivity contribution is 5.93. The van der Waals surface area contributed by atoms with Crippen molar-refractivity contribution in [2.24, 2.45) is 0 Å². The predicted octanol–water partition coefficient (Wildman–Crippen LogP) is 3.80. The molecule has 32 heavy (non-hydrogen) atoms. The zero-order chi connectivity index (χ0) is 22.2. The van der Waals surface area contributed by atoms with Crippen molar-refractivity contribution in [3.05, 3.63) is 89.8 Å². The molecule has 1 atom stereocenters. The number of halogens is 1. The third-order valence-electron chi connectivity index (χ3n) is 5.54. The maximum atomic E-state index is 13.2. The first-order valence-corrected chi connectivity index (χ1v) is 10.9. The highest BCUT2D eigenvalue weighted by atomic mass is 19.1. The van der Waals surface area contributed by atoms with Crippen molar-refractivity contribution in [1.82, 2.24) is 20.2 Å². The van der Waals surface area contributed by atoms with Gasteiger partial charge in [-0.3, -0.25) is 19.7 Å². The average molecular weight is 435 g/mol. The minimum Gasteiger partial charge on any atom is -0.492 e. The molecule has 3 heterocycles. The summed E-state index contributed by atoms with van der Waals surface area (Å²) < 4.78 is 18.6. The maximum Gasteiger partial charge on any atom is 0.252 e. The first-order chi connectivity index (χ1) is 15.7. The number of aromatic nitrogens is 2. The van der Waals surface area contributed by atoms with Crippen LogP contribution in [-0.4, -0.2) is 47.0 Å². The Hall–Kier alpha value is -3.32. The van der Waals surface area contributed by atoms with Gasteiger partial charge in [-0.15, -0.1) is 0 Å². The number of piperidine rings is 1. The molecule has 0 unspecified atom stereocenters. The number of hydrogen-bond acceptors (Lipinski definition) is 5. The van der Waals surface area contributed by atoms with Crippen molar-refractivity contribution in [3.8, 4) is 5.75 Å². The summed E-state index contributed by atoms with van der Waals surface area (Å²) in [7, 11) is 0. The molecule has 0 radical (unpaired) electrons. The van der Waals surface area contributed by atoms with E-state index in [2.05, 4.69) is 26.3 Å². The molecule has 1 fully saturated rings. The van der Waals surface area contributed by atoms with Crippen LogP contribution in [0.15, 0.2) is 67.0 Å². The van der Waals surface area contributed by atoms with Gasteiger partial charge in [-0.1, -0.05) is 12.1 Å². The van der Waals surface area contributed by atoms with Crippen molar-refractivity contribution in [1.29, 1.82) is 0 Å². The highest BCUT2D eigenvalue weighted by Gasteiger charge is 2.23. The SMILES string of the molecule is O=C(NCCOc1cccc(F)c1)c1ccc([C@@H]2CCCN(Cc3ccccn3)C2)nc1. The third kappa shape index (κ3) is 6.11. The number of hydrogen-bond donors (Lipinski definition) is 1. The van der Waals surface area contributed by atoms with E-state index in [4.69, 9.17) is 4.74 Å². The van der Waals surface area contributed by atoms with Gasteiger partial charge in [0.05, 0.1) is 17.8 Å². The molecule has 1 amide bonds. The number of carbonyl (C=O) groups excluding carboxylic acids is 1. The largest absolute Gasteiger partial charge is 0.492 e. The summed E-state index contributed by atoms with van der Waals surface area (Å²) in [5.74, 6) is 0.238. The molecule has 2 aromatic heterocycles. The van der Waals surface area contributed by atoms with E-state index in [1.807, 2.05) is 30.5 Å². The summed E-state index contributed by atoms with van der Waals surface area (Å²) >= 11 is 0. The third-order valence-corrected chi connectivity index (χ3v) is 5.54. The van der Waals surface area contributed by atoms with Crippen LogP contribution in [0.5, 0.6) is 5.75 Å². The molecule has 0 bridgehead atoms. The van der Waals surface area contributed by atoms with Crippen molar-refractivity contribution in [2.45, 2.75) is 25.3 Å². The number of likely N-dealkylation sites (tertiary alicyclic amines) is 1. The molecule has 1 aliphatic rings. The topological polar surface area (TPSA) is 67.3 Å². The van der Waals surface area contributed by atoms with Gasteiger partial charge in [-0.05, 0) is 55.8 Å². The number of carbonyl (C=O) groups is 1. The molecule has 1 saturated heterocycles. The molecule has 0 spiro atoms. The molecular formula is C25H27FN4O2. The van der Waals surface area contributed by atoms with Crippen molar-refractivity contribution >= 4 is 5.91 Å². The summed E-state index contributed by atoms with van der Waals surface area (Å²) in [4.78, 5) is 23.8. The van der Waals surface area contributed by atoms with Crippen LogP contribution in [0.1, 0.15) is 40.5 Å². The van der Waals surface area contributed by atoms with Crippen LogP contribution in [0.4, 0.5) is 4.39 Å². The second-order valence-electron chi connectivity index (χ2n) is 7.93. The zero-order valence-electron chi connectivity index (χ0n) is 17.9. The van der Waals surface area contributed by atoms with E-state index in [9.17, 15) is 9.18 Å². The Morgan fingerprint density at radius 3 is 2.88 bits per heavy atom. The van der Waals surface area contributed by atoms with E-state index < -0.39 is 0 Å². The molecule has 4 rings (SSSR count). The molecule has 1 aromatic carbocycles.